The van der Waals surface area contributed by atoms with Crippen molar-refractivity contribution in [1.82, 2.24) is 10.2 Å². The van der Waals surface area contributed by atoms with Gasteiger partial charge in [-0.1, -0.05) is 47.8 Å². The van der Waals surface area contributed by atoms with E-state index < -0.39 is 16.1 Å². The van der Waals surface area contributed by atoms with E-state index in [1.54, 1.807) is 37.3 Å². The monoisotopic (exact) mass is 591 g/mol. The summed E-state index contributed by atoms with van der Waals surface area (Å²) in [6, 6.07) is 8.95. The van der Waals surface area contributed by atoms with Crippen LogP contribution in [0.4, 0.5) is 5.69 Å². The molecule has 0 aliphatic carbocycles. The Labute approximate surface area is 233 Å². The van der Waals surface area contributed by atoms with Gasteiger partial charge < -0.3 is 15.0 Å². The fourth-order valence-corrected chi connectivity index (χ4v) is 5.61. The molecule has 0 fully saturated rings. The SMILES string of the molecule is CCNC(=O)[C@H](CC)N(Cc1c(Cl)cccc1Cl)C(=O)CCCN(c1ccc(OC)c(Cl)c1)S(C)(=O)=O. The number of carbonyl (C=O) groups excluding carboxylic acids is 2. The molecule has 204 valence electrons. The summed E-state index contributed by atoms with van der Waals surface area (Å²) in [6.07, 6.45) is 1.66. The van der Waals surface area contributed by atoms with E-state index in [-0.39, 0.29) is 42.8 Å². The molecule has 37 heavy (non-hydrogen) atoms. The normalized spacial score (nSPS) is 12.1. The van der Waals surface area contributed by atoms with E-state index in [0.717, 1.165) is 6.26 Å². The van der Waals surface area contributed by atoms with Gasteiger partial charge in [-0.15, -0.1) is 0 Å². The average Bonchev–Trinajstić information content (AvgIpc) is 2.82. The highest BCUT2D eigenvalue weighted by molar-refractivity contribution is 7.92. The number of sulfonamides is 1. The zero-order valence-electron chi connectivity index (χ0n) is 21.3. The van der Waals surface area contributed by atoms with E-state index in [2.05, 4.69) is 5.32 Å². The molecule has 0 heterocycles. The van der Waals surface area contributed by atoms with Crippen molar-refractivity contribution < 1.29 is 22.7 Å². The molecule has 2 aromatic carbocycles. The second kappa shape index (κ2) is 14.1. The summed E-state index contributed by atoms with van der Waals surface area (Å²) in [5.74, 6) is -0.193. The summed E-state index contributed by atoms with van der Waals surface area (Å²) in [5, 5.41) is 3.80. The molecule has 12 heteroatoms. The van der Waals surface area contributed by atoms with Crippen molar-refractivity contribution in [1.29, 1.82) is 0 Å². The Bertz CT molecular complexity index is 1190. The van der Waals surface area contributed by atoms with Crippen molar-refractivity contribution in [2.45, 2.75) is 45.7 Å². The highest BCUT2D eigenvalue weighted by Crippen LogP contribution is 2.31. The molecule has 1 atom stereocenters. The van der Waals surface area contributed by atoms with Crippen molar-refractivity contribution in [3.05, 3.63) is 57.0 Å². The molecular formula is C25H32Cl3N3O5S. The van der Waals surface area contributed by atoms with Gasteiger partial charge in [0.25, 0.3) is 0 Å². The van der Waals surface area contributed by atoms with Gasteiger partial charge in [0, 0.05) is 41.7 Å². The number of hydrogen-bond donors (Lipinski definition) is 1. The van der Waals surface area contributed by atoms with Crippen molar-refractivity contribution >= 4 is 62.3 Å². The second-order valence-corrected chi connectivity index (χ2v) is 11.4. The van der Waals surface area contributed by atoms with Crippen LogP contribution in [0.15, 0.2) is 36.4 Å². The smallest absolute Gasteiger partial charge is 0.242 e. The molecule has 1 N–H and O–H groups in total. The standard InChI is InChI=1S/C25H32Cl3N3O5S/c1-5-22(25(33)29-6-2)30(16-18-19(26)9-7-10-20(18)27)24(32)11-8-14-31(37(4,34)35)17-12-13-23(36-3)21(28)15-17/h7,9-10,12-13,15,22H,5-6,8,11,14,16H2,1-4H3,(H,29,33)/t22-/m0/s1. The summed E-state index contributed by atoms with van der Waals surface area (Å²) < 4.78 is 31.3. The minimum atomic E-state index is -3.66. The van der Waals surface area contributed by atoms with Crippen LogP contribution >= 0.6 is 34.8 Å². The molecular weight excluding hydrogens is 561 g/mol. The maximum atomic E-state index is 13.4. The highest BCUT2D eigenvalue weighted by Gasteiger charge is 2.29. The molecule has 0 saturated heterocycles. The fraction of sp³-hybridized carbons (Fsp3) is 0.440. The third-order valence-electron chi connectivity index (χ3n) is 5.70. The molecule has 2 amide bonds. The number of methoxy groups -OCH3 is 1. The number of halogens is 3. The van der Waals surface area contributed by atoms with E-state index in [9.17, 15) is 18.0 Å². The summed E-state index contributed by atoms with van der Waals surface area (Å²) in [6.45, 7) is 4.10. The fourth-order valence-electron chi connectivity index (χ4n) is 3.88. The Morgan fingerprint density at radius 3 is 2.22 bits per heavy atom. The van der Waals surface area contributed by atoms with Crippen LogP contribution in [0.3, 0.4) is 0 Å². The third kappa shape index (κ3) is 8.40. The molecule has 2 rings (SSSR count). The maximum Gasteiger partial charge on any atom is 0.242 e. The lowest BCUT2D eigenvalue weighted by Gasteiger charge is -2.31. The Balaban J connectivity index is 2.27. The molecule has 0 radical (unpaired) electrons. The first-order chi connectivity index (χ1) is 17.4. The number of rotatable bonds is 13. The molecule has 0 saturated carbocycles. The van der Waals surface area contributed by atoms with Gasteiger partial charge >= 0.3 is 0 Å². The van der Waals surface area contributed by atoms with Crippen molar-refractivity contribution in [3.8, 4) is 5.75 Å². The van der Waals surface area contributed by atoms with Crippen LogP contribution in [-0.4, -0.2) is 57.6 Å². The molecule has 0 unspecified atom stereocenters. The van der Waals surface area contributed by atoms with Crippen molar-refractivity contribution in [2.75, 3.05) is 30.8 Å². The third-order valence-corrected chi connectivity index (χ3v) is 7.90. The first-order valence-electron chi connectivity index (χ1n) is 11.8. The predicted molar refractivity (Wildman–Crippen MR) is 149 cm³/mol. The molecule has 0 aromatic heterocycles. The largest absolute Gasteiger partial charge is 0.495 e. The Morgan fingerprint density at radius 2 is 1.70 bits per heavy atom. The maximum absolute atomic E-state index is 13.4. The summed E-state index contributed by atoms with van der Waals surface area (Å²) >= 11 is 18.9. The molecule has 0 bridgehead atoms. The predicted octanol–water partition coefficient (Wildman–Crippen LogP) is 5.15. The second-order valence-electron chi connectivity index (χ2n) is 8.30. The van der Waals surface area contributed by atoms with Gasteiger partial charge in [-0.05, 0) is 50.1 Å². The first-order valence-corrected chi connectivity index (χ1v) is 14.7. The lowest BCUT2D eigenvalue weighted by Crippen LogP contribution is -2.49. The molecule has 2 aromatic rings. The van der Waals surface area contributed by atoms with E-state index >= 15 is 0 Å². The molecule has 0 spiro atoms. The number of nitrogens with one attached hydrogen (secondary N) is 1. The van der Waals surface area contributed by atoms with E-state index in [0.29, 0.717) is 40.0 Å². The number of benzene rings is 2. The van der Waals surface area contributed by atoms with Gasteiger partial charge in [-0.2, -0.15) is 0 Å². The summed E-state index contributed by atoms with van der Waals surface area (Å²) in [7, 11) is -2.20. The molecule has 0 aliphatic heterocycles. The number of ether oxygens (including phenoxy) is 1. The number of amides is 2. The number of hydrogen-bond acceptors (Lipinski definition) is 5. The lowest BCUT2D eigenvalue weighted by atomic mass is 10.1. The number of anilines is 1. The molecule has 8 nitrogen and oxygen atoms in total. The Hall–Kier alpha value is -2.20. The minimum absolute atomic E-state index is 0.00607. The van der Waals surface area contributed by atoms with Crippen LogP contribution in [0.25, 0.3) is 0 Å². The van der Waals surface area contributed by atoms with Gasteiger partial charge in [0.1, 0.15) is 11.8 Å². The van der Waals surface area contributed by atoms with Gasteiger partial charge in [0.15, 0.2) is 0 Å². The van der Waals surface area contributed by atoms with E-state index in [4.69, 9.17) is 39.5 Å². The minimum Gasteiger partial charge on any atom is -0.495 e. The Kier molecular flexibility index (Phi) is 11.8. The number of carbonyl (C=O) groups is 2. The Morgan fingerprint density at radius 1 is 1.05 bits per heavy atom. The van der Waals surface area contributed by atoms with Crippen LogP contribution < -0.4 is 14.4 Å². The van der Waals surface area contributed by atoms with Crippen molar-refractivity contribution in [2.24, 2.45) is 0 Å². The summed E-state index contributed by atoms with van der Waals surface area (Å²) in [4.78, 5) is 27.7. The summed E-state index contributed by atoms with van der Waals surface area (Å²) in [5.41, 5.74) is 0.891. The van der Waals surface area contributed by atoms with E-state index in [1.165, 1.54) is 22.4 Å². The number of likely N-dealkylation sites (N-methyl/N-ethyl adjacent to an activating group) is 1. The highest BCUT2D eigenvalue weighted by atomic mass is 35.5. The quantitative estimate of drug-likeness (QED) is 0.347. The van der Waals surface area contributed by atoms with E-state index in [1.807, 2.05) is 6.92 Å². The molecule has 0 aliphatic rings. The first kappa shape index (κ1) is 31.0. The van der Waals surface area contributed by atoms with Gasteiger partial charge in [0.05, 0.1) is 24.1 Å². The van der Waals surface area contributed by atoms with Gasteiger partial charge in [-0.3, -0.25) is 13.9 Å². The average molecular weight is 593 g/mol. The van der Waals surface area contributed by atoms with Crippen LogP contribution in [0.2, 0.25) is 15.1 Å². The zero-order valence-corrected chi connectivity index (χ0v) is 24.3. The lowest BCUT2D eigenvalue weighted by molar-refractivity contribution is -0.141. The van der Waals surface area contributed by atoms with Crippen LogP contribution in [0.5, 0.6) is 5.75 Å². The number of nitrogens with zero attached hydrogens (tertiary/aromatic N) is 2. The van der Waals surface area contributed by atoms with Crippen molar-refractivity contribution in [3.63, 3.8) is 0 Å². The topological polar surface area (TPSA) is 96.0 Å². The van der Waals surface area contributed by atoms with Crippen LogP contribution in [-0.2, 0) is 26.2 Å². The van der Waals surface area contributed by atoms with Gasteiger partial charge in [0.2, 0.25) is 21.8 Å². The van der Waals surface area contributed by atoms with Crippen LogP contribution in [0.1, 0.15) is 38.7 Å². The zero-order chi connectivity index (χ0) is 27.8. The van der Waals surface area contributed by atoms with Crippen LogP contribution in [0, 0.1) is 0 Å². The van der Waals surface area contributed by atoms with Gasteiger partial charge in [-0.25, -0.2) is 8.42 Å².